The largest absolute Gasteiger partial charge is 0.444 e. The topological polar surface area (TPSA) is 38.5 Å². The zero-order valence-electron chi connectivity index (χ0n) is 15.8. The molecule has 0 unspecified atom stereocenters. The highest BCUT2D eigenvalue weighted by Crippen LogP contribution is 2.40. The fourth-order valence-corrected chi connectivity index (χ4v) is 3.23. The van der Waals surface area contributed by atoms with Crippen molar-refractivity contribution in [1.29, 1.82) is 0 Å². The summed E-state index contributed by atoms with van der Waals surface area (Å²) in [5.41, 5.74) is 2.35. The molecule has 1 aromatic heterocycles. The van der Waals surface area contributed by atoms with E-state index in [-0.39, 0.29) is 6.10 Å². The zero-order chi connectivity index (χ0) is 18.5. The first kappa shape index (κ1) is 18.0. The molecule has 0 atom stereocenters. The number of oxazole rings is 1. The molecule has 0 spiro atoms. The Hall–Kier alpha value is -2.43. The predicted octanol–water partition coefficient (Wildman–Crippen LogP) is 4.79. The van der Waals surface area contributed by atoms with Crippen molar-refractivity contribution in [3.8, 4) is 0 Å². The first-order chi connectivity index (χ1) is 13.3. The van der Waals surface area contributed by atoms with E-state index in [1.807, 2.05) is 18.3 Å². The van der Waals surface area contributed by atoms with Crippen LogP contribution in [0, 0.1) is 0 Å². The lowest BCUT2D eigenvalue weighted by atomic mass is 10.0. The Labute approximate surface area is 160 Å². The van der Waals surface area contributed by atoms with Crippen LogP contribution in [0.4, 0.5) is 0 Å². The molecule has 140 valence electrons. The Bertz CT molecular complexity index is 788. The SMILES string of the molecule is CN(CCOC(c1ccccc1)c1ccccc1)Cc1ncc(C2CC2)o1. The first-order valence-electron chi connectivity index (χ1n) is 9.64. The summed E-state index contributed by atoms with van der Waals surface area (Å²) in [6.07, 6.45) is 4.30. The minimum atomic E-state index is -0.0518. The third-order valence-corrected chi connectivity index (χ3v) is 4.92. The molecule has 1 aliphatic carbocycles. The van der Waals surface area contributed by atoms with Gasteiger partial charge in [-0.3, -0.25) is 4.90 Å². The average Bonchev–Trinajstić information content (AvgIpc) is 3.46. The van der Waals surface area contributed by atoms with E-state index in [0.29, 0.717) is 19.1 Å². The Morgan fingerprint density at radius 2 is 1.67 bits per heavy atom. The van der Waals surface area contributed by atoms with E-state index in [4.69, 9.17) is 9.15 Å². The standard InChI is InChI=1S/C23H26N2O2/c1-25(17-22-24-16-21(27-22)18-12-13-18)14-15-26-23(19-8-4-2-5-9-19)20-10-6-3-7-11-20/h2-11,16,18,23H,12-15,17H2,1H3. The number of ether oxygens (including phenoxy) is 1. The second-order valence-corrected chi connectivity index (χ2v) is 7.24. The minimum absolute atomic E-state index is 0.0518. The van der Waals surface area contributed by atoms with Gasteiger partial charge in [-0.05, 0) is 31.0 Å². The molecule has 2 aromatic carbocycles. The fourth-order valence-electron chi connectivity index (χ4n) is 3.23. The summed E-state index contributed by atoms with van der Waals surface area (Å²) in [6, 6.07) is 20.8. The summed E-state index contributed by atoms with van der Waals surface area (Å²) in [6.45, 7) is 2.16. The van der Waals surface area contributed by atoms with Gasteiger partial charge in [-0.2, -0.15) is 0 Å². The van der Waals surface area contributed by atoms with Crippen LogP contribution >= 0.6 is 0 Å². The maximum atomic E-state index is 6.28. The van der Waals surface area contributed by atoms with Crippen molar-refractivity contribution in [2.24, 2.45) is 0 Å². The van der Waals surface area contributed by atoms with Crippen LogP contribution in [0.3, 0.4) is 0 Å². The smallest absolute Gasteiger partial charge is 0.208 e. The quantitative estimate of drug-likeness (QED) is 0.548. The molecule has 1 fully saturated rings. The highest BCUT2D eigenvalue weighted by molar-refractivity contribution is 5.29. The van der Waals surface area contributed by atoms with Crippen LogP contribution in [-0.2, 0) is 11.3 Å². The van der Waals surface area contributed by atoms with Gasteiger partial charge in [-0.15, -0.1) is 0 Å². The molecule has 4 nitrogen and oxygen atoms in total. The van der Waals surface area contributed by atoms with Gasteiger partial charge < -0.3 is 9.15 Å². The van der Waals surface area contributed by atoms with Crippen LogP contribution < -0.4 is 0 Å². The predicted molar refractivity (Wildman–Crippen MR) is 105 cm³/mol. The second kappa shape index (κ2) is 8.51. The van der Waals surface area contributed by atoms with E-state index in [2.05, 4.69) is 65.5 Å². The van der Waals surface area contributed by atoms with Gasteiger partial charge in [0.1, 0.15) is 11.9 Å². The lowest BCUT2D eigenvalue weighted by molar-refractivity contribution is 0.0621. The van der Waals surface area contributed by atoms with Crippen molar-refractivity contribution in [3.05, 3.63) is 89.6 Å². The number of hydrogen-bond donors (Lipinski definition) is 0. The lowest BCUT2D eigenvalue weighted by Gasteiger charge is -2.21. The molecule has 4 rings (SSSR count). The molecule has 27 heavy (non-hydrogen) atoms. The van der Waals surface area contributed by atoms with E-state index in [0.717, 1.165) is 18.2 Å². The summed E-state index contributed by atoms with van der Waals surface area (Å²) >= 11 is 0. The van der Waals surface area contributed by atoms with E-state index >= 15 is 0 Å². The molecule has 0 aliphatic heterocycles. The Balaban J connectivity index is 1.33. The van der Waals surface area contributed by atoms with E-state index in [9.17, 15) is 0 Å². The molecule has 0 saturated heterocycles. The lowest BCUT2D eigenvalue weighted by Crippen LogP contribution is -2.24. The molecule has 1 aliphatic rings. The van der Waals surface area contributed by atoms with Crippen molar-refractivity contribution >= 4 is 0 Å². The molecular formula is C23H26N2O2. The molecule has 0 bridgehead atoms. The molecule has 1 heterocycles. The molecule has 4 heteroatoms. The zero-order valence-corrected chi connectivity index (χ0v) is 15.8. The van der Waals surface area contributed by atoms with Gasteiger partial charge in [0.05, 0.1) is 19.3 Å². The van der Waals surface area contributed by atoms with E-state index in [1.54, 1.807) is 0 Å². The molecular weight excluding hydrogens is 336 g/mol. The van der Waals surface area contributed by atoms with Crippen molar-refractivity contribution in [1.82, 2.24) is 9.88 Å². The van der Waals surface area contributed by atoms with Crippen LogP contribution in [0.15, 0.2) is 71.3 Å². The maximum Gasteiger partial charge on any atom is 0.208 e. The number of benzene rings is 2. The number of nitrogens with zero attached hydrogens (tertiary/aromatic N) is 2. The number of likely N-dealkylation sites (N-methyl/N-ethyl adjacent to an activating group) is 1. The highest BCUT2D eigenvalue weighted by atomic mass is 16.5. The van der Waals surface area contributed by atoms with E-state index < -0.39 is 0 Å². The van der Waals surface area contributed by atoms with Crippen LogP contribution in [0.2, 0.25) is 0 Å². The van der Waals surface area contributed by atoms with Gasteiger partial charge in [-0.25, -0.2) is 4.98 Å². The highest BCUT2D eigenvalue weighted by Gasteiger charge is 2.27. The first-order valence-corrected chi connectivity index (χ1v) is 9.64. The van der Waals surface area contributed by atoms with Gasteiger partial charge in [0.2, 0.25) is 5.89 Å². The number of hydrogen-bond acceptors (Lipinski definition) is 4. The third kappa shape index (κ3) is 4.85. The van der Waals surface area contributed by atoms with Gasteiger partial charge in [0.25, 0.3) is 0 Å². The Morgan fingerprint density at radius 3 is 2.26 bits per heavy atom. The Kier molecular flexibility index (Phi) is 5.66. The molecule has 0 N–H and O–H groups in total. The Morgan fingerprint density at radius 1 is 1.04 bits per heavy atom. The normalized spacial score (nSPS) is 14.2. The van der Waals surface area contributed by atoms with Gasteiger partial charge in [0.15, 0.2) is 0 Å². The van der Waals surface area contributed by atoms with Gasteiger partial charge in [0, 0.05) is 12.5 Å². The van der Waals surface area contributed by atoms with Gasteiger partial charge in [-0.1, -0.05) is 60.7 Å². The molecule has 1 saturated carbocycles. The summed E-state index contributed by atoms with van der Waals surface area (Å²) in [7, 11) is 2.07. The van der Waals surface area contributed by atoms with Crippen molar-refractivity contribution in [2.45, 2.75) is 31.4 Å². The molecule has 0 amide bonds. The van der Waals surface area contributed by atoms with Crippen LogP contribution in [-0.4, -0.2) is 30.1 Å². The molecule has 0 radical (unpaired) electrons. The van der Waals surface area contributed by atoms with Crippen LogP contribution in [0.1, 0.15) is 47.6 Å². The monoisotopic (exact) mass is 362 g/mol. The fraction of sp³-hybridized carbons (Fsp3) is 0.348. The van der Waals surface area contributed by atoms with Crippen LogP contribution in [0.5, 0.6) is 0 Å². The van der Waals surface area contributed by atoms with Crippen LogP contribution in [0.25, 0.3) is 0 Å². The van der Waals surface area contributed by atoms with Crippen molar-refractivity contribution in [3.63, 3.8) is 0 Å². The van der Waals surface area contributed by atoms with E-state index in [1.165, 1.54) is 24.0 Å². The van der Waals surface area contributed by atoms with Crippen molar-refractivity contribution < 1.29 is 9.15 Å². The summed E-state index contributed by atoms with van der Waals surface area (Å²) in [5, 5.41) is 0. The molecule has 3 aromatic rings. The summed E-state index contributed by atoms with van der Waals surface area (Å²) in [5.74, 6) is 2.45. The number of aromatic nitrogens is 1. The van der Waals surface area contributed by atoms with Gasteiger partial charge >= 0.3 is 0 Å². The number of rotatable bonds is 9. The third-order valence-electron chi connectivity index (χ3n) is 4.92. The summed E-state index contributed by atoms with van der Waals surface area (Å²) in [4.78, 5) is 6.60. The average molecular weight is 362 g/mol. The maximum absolute atomic E-state index is 6.28. The second-order valence-electron chi connectivity index (χ2n) is 7.24. The summed E-state index contributed by atoms with van der Waals surface area (Å²) < 4.78 is 12.1. The minimum Gasteiger partial charge on any atom is -0.444 e. The van der Waals surface area contributed by atoms with Crippen molar-refractivity contribution in [2.75, 3.05) is 20.2 Å².